The molecule has 1 aliphatic heterocycles. The first-order valence-corrected chi connectivity index (χ1v) is 8.81. The van der Waals surface area contributed by atoms with Gasteiger partial charge in [0, 0.05) is 24.7 Å². The minimum Gasteiger partial charge on any atom is -0.315 e. The molecule has 1 fully saturated rings. The van der Waals surface area contributed by atoms with Crippen LogP contribution in [0, 0.1) is 5.82 Å². The van der Waals surface area contributed by atoms with E-state index in [1.54, 1.807) is 12.1 Å². The molecule has 1 aliphatic rings. The van der Waals surface area contributed by atoms with Gasteiger partial charge in [0.2, 0.25) is 0 Å². The lowest BCUT2D eigenvalue weighted by Crippen LogP contribution is -2.33. The summed E-state index contributed by atoms with van der Waals surface area (Å²) < 4.78 is 53.0. The van der Waals surface area contributed by atoms with E-state index in [4.69, 9.17) is 11.6 Å². The minimum absolute atomic E-state index is 0.268. The van der Waals surface area contributed by atoms with E-state index in [0.29, 0.717) is 18.7 Å². The first kappa shape index (κ1) is 19.1. The molecule has 0 bridgehead atoms. The number of rotatable bonds is 3. The van der Waals surface area contributed by atoms with Gasteiger partial charge in [0.15, 0.2) is 0 Å². The van der Waals surface area contributed by atoms with Crippen LogP contribution in [-0.4, -0.2) is 31.1 Å². The maximum absolute atomic E-state index is 13.4. The maximum Gasteiger partial charge on any atom is 0.416 e. The zero-order valence-electron chi connectivity index (χ0n) is 14.0. The number of halogens is 5. The largest absolute Gasteiger partial charge is 0.416 e. The van der Waals surface area contributed by atoms with Gasteiger partial charge in [-0.2, -0.15) is 13.2 Å². The lowest BCUT2D eigenvalue weighted by atomic mass is 9.95. The maximum atomic E-state index is 13.4. The van der Waals surface area contributed by atoms with Crippen LogP contribution in [0.5, 0.6) is 0 Å². The highest BCUT2D eigenvalue weighted by atomic mass is 35.5. The summed E-state index contributed by atoms with van der Waals surface area (Å²) in [6.45, 7) is 2.95. The van der Waals surface area contributed by atoms with Crippen LogP contribution < -0.4 is 5.32 Å². The summed E-state index contributed by atoms with van der Waals surface area (Å²) in [6, 6.07) is 8.76. The van der Waals surface area contributed by atoms with Gasteiger partial charge in [0.25, 0.3) is 0 Å². The number of nitrogens with one attached hydrogen (secondary N) is 1. The molecule has 1 N–H and O–H groups in total. The van der Waals surface area contributed by atoms with Crippen molar-refractivity contribution >= 4 is 11.6 Å². The van der Waals surface area contributed by atoms with E-state index in [1.165, 1.54) is 18.2 Å². The van der Waals surface area contributed by atoms with E-state index in [-0.39, 0.29) is 10.8 Å². The van der Waals surface area contributed by atoms with E-state index >= 15 is 0 Å². The van der Waals surface area contributed by atoms with Crippen molar-refractivity contribution in [3.63, 3.8) is 0 Å². The third-order valence-electron chi connectivity index (χ3n) is 4.54. The SMILES string of the molecule is Fc1ccc(C(c2cc(C(F)(F)F)ccc2Cl)N2CCCNCC2)cc1. The molecule has 1 heterocycles. The molecule has 26 heavy (non-hydrogen) atoms. The molecule has 2 aromatic carbocycles. The summed E-state index contributed by atoms with van der Waals surface area (Å²) in [5, 5.41) is 3.55. The second-order valence-corrected chi connectivity index (χ2v) is 6.73. The van der Waals surface area contributed by atoms with Crippen LogP contribution in [0.3, 0.4) is 0 Å². The Kier molecular flexibility index (Phi) is 5.85. The quantitative estimate of drug-likeness (QED) is 0.756. The van der Waals surface area contributed by atoms with Crippen LogP contribution >= 0.6 is 11.6 Å². The number of hydrogen-bond donors (Lipinski definition) is 1. The lowest BCUT2D eigenvalue weighted by Gasteiger charge is -2.32. The Labute approximate surface area is 154 Å². The number of benzene rings is 2. The van der Waals surface area contributed by atoms with Gasteiger partial charge in [0.1, 0.15) is 5.82 Å². The van der Waals surface area contributed by atoms with Gasteiger partial charge >= 0.3 is 6.18 Å². The van der Waals surface area contributed by atoms with Gasteiger partial charge in [-0.25, -0.2) is 4.39 Å². The third-order valence-corrected chi connectivity index (χ3v) is 4.89. The van der Waals surface area contributed by atoms with Crippen LogP contribution in [0.1, 0.15) is 29.2 Å². The minimum atomic E-state index is -4.45. The molecular weight excluding hydrogens is 368 g/mol. The number of hydrogen-bond acceptors (Lipinski definition) is 2. The van der Waals surface area contributed by atoms with Gasteiger partial charge in [-0.1, -0.05) is 23.7 Å². The molecule has 0 amide bonds. The fraction of sp³-hybridized carbons (Fsp3) is 0.368. The van der Waals surface area contributed by atoms with Crippen LogP contribution in [0.2, 0.25) is 5.02 Å². The zero-order chi connectivity index (χ0) is 18.7. The van der Waals surface area contributed by atoms with Crippen LogP contribution in [0.25, 0.3) is 0 Å². The van der Waals surface area contributed by atoms with Crippen molar-refractivity contribution in [2.24, 2.45) is 0 Å². The Morgan fingerprint density at radius 2 is 1.73 bits per heavy atom. The molecule has 0 saturated carbocycles. The van der Waals surface area contributed by atoms with E-state index < -0.39 is 17.8 Å². The Hall–Kier alpha value is -1.63. The van der Waals surface area contributed by atoms with Crippen molar-refractivity contribution in [3.05, 3.63) is 70.0 Å². The fourth-order valence-corrected chi connectivity index (χ4v) is 3.51. The highest BCUT2D eigenvalue weighted by molar-refractivity contribution is 6.31. The standard InChI is InChI=1S/C19H19ClF4N2/c20-17-7-4-14(19(22,23)24)12-16(17)18(13-2-5-15(21)6-3-13)26-10-1-8-25-9-11-26/h2-7,12,18,25H,1,8-11H2. The third kappa shape index (κ3) is 4.37. The zero-order valence-corrected chi connectivity index (χ0v) is 14.7. The average Bonchev–Trinajstić information content (AvgIpc) is 2.87. The smallest absolute Gasteiger partial charge is 0.315 e. The first-order chi connectivity index (χ1) is 12.4. The summed E-state index contributed by atoms with van der Waals surface area (Å²) >= 11 is 6.30. The Morgan fingerprint density at radius 1 is 1.00 bits per heavy atom. The van der Waals surface area contributed by atoms with Gasteiger partial charge in [-0.3, -0.25) is 4.90 Å². The second kappa shape index (κ2) is 7.94. The van der Waals surface area contributed by atoms with E-state index in [0.717, 1.165) is 37.2 Å². The molecular formula is C19H19ClF4N2. The van der Waals surface area contributed by atoms with Crippen LogP contribution in [0.4, 0.5) is 17.6 Å². The Morgan fingerprint density at radius 3 is 2.42 bits per heavy atom. The monoisotopic (exact) mass is 386 g/mol. The van der Waals surface area contributed by atoms with Crippen molar-refractivity contribution in [2.75, 3.05) is 26.2 Å². The second-order valence-electron chi connectivity index (χ2n) is 6.33. The topological polar surface area (TPSA) is 15.3 Å². The molecule has 1 atom stereocenters. The molecule has 2 nitrogen and oxygen atoms in total. The van der Waals surface area contributed by atoms with Crippen LogP contribution in [-0.2, 0) is 6.18 Å². The van der Waals surface area contributed by atoms with Gasteiger partial charge < -0.3 is 5.32 Å². The summed E-state index contributed by atoms with van der Waals surface area (Å²) in [5.41, 5.74) is 0.362. The number of alkyl halides is 3. The van der Waals surface area contributed by atoms with Gasteiger partial charge in [0.05, 0.1) is 11.6 Å². The van der Waals surface area contributed by atoms with Crippen molar-refractivity contribution in [1.82, 2.24) is 10.2 Å². The molecule has 1 saturated heterocycles. The van der Waals surface area contributed by atoms with Crippen LogP contribution in [0.15, 0.2) is 42.5 Å². The molecule has 2 aromatic rings. The van der Waals surface area contributed by atoms with Crippen molar-refractivity contribution in [2.45, 2.75) is 18.6 Å². The molecule has 0 aliphatic carbocycles. The summed E-state index contributed by atoms with van der Waals surface area (Å²) in [6.07, 6.45) is -3.58. The molecule has 3 rings (SSSR count). The predicted octanol–water partition coefficient (Wildman–Crippen LogP) is 4.88. The summed E-state index contributed by atoms with van der Waals surface area (Å²) in [4.78, 5) is 2.09. The van der Waals surface area contributed by atoms with Crippen molar-refractivity contribution in [3.8, 4) is 0 Å². The van der Waals surface area contributed by atoms with Gasteiger partial charge in [-0.15, -0.1) is 0 Å². The van der Waals surface area contributed by atoms with E-state index in [2.05, 4.69) is 10.2 Å². The summed E-state index contributed by atoms with van der Waals surface area (Å²) in [7, 11) is 0. The van der Waals surface area contributed by atoms with Gasteiger partial charge in [-0.05, 0) is 54.4 Å². The molecule has 140 valence electrons. The van der Waals surface area contributed by atoms with E-state index in [9.17, 15) is 17.6 Å². The predicted molar refractivity (Wildman–Crippen MR) is 93.8 cm³/mol. The highest BCUT2D eigenvalue weighted by Crippen LogP contribution is 2.38. The fourth-order valence-electron chi connectivity index (χ4n) is 3.29. The van der Waals surface area contributed by atoms with E-state index in [1.807, 2.05) is 0 Å². The normalized spacial score (nSPS) is 17.7. The Balaban J connectivity index is 2.09. The lowest BCUT2D eigenvalue weighted by molar-refractivity contribution is -0.137. The highest BCUT2D eigenvalue weighted by Gasteiger charge is 2.33. The molecule has 0 aromatic heterocycles. The van der Waals surface area contributed by atoms with Crippen molar-refractivity contribution in [1.29, 1.82) is 0 Å². The molecule has 1 unspecified atom stereocenters. The first-order valence-electron chi connectivity index (χ1n) is 8.43. The summed E-state index contributed by atoms with van der Waals surface area (Å²) in [5.74, 6) is -0.389. The molecule has 7 heteroatoms. The molecule has 0 spiro atoms. The Bertz CT molecular complexity index is 738. The number of nitrogens with zero attached hydrogens (tertiary/aromatic N) is 1. The van der Waals surface area contributed by atoms with Crippen molar-refractivity contribution < 1.29 is 17.6 Å². The molecule has 0 radical (unpaired) electrons. The average molecular weight is 387 g/mol.